The molecule has 0 saturated carbocycles. The first-order valence-electron chi connectivity index (χ1n) is 7.61. The van der Waals surface area contributed by atoms with Crippen molar-refractivity contribution in [1.82, 2.24) is 5.32 Å². The fourth-order valence-electron chi connectivity index (χ4n) is 2.48. The van der Waals surface area contributed by atoms with Crippen molar-refractivity contribution >= 4 is 48.8 Å². The molecule has 10 heteroatoms. The Kier molecular flexibility index (Phi) is 5.22. The molecule has 1 aromatic carbocycles. The molecule has 2 heterocycles. The van der Waals surface area contributed by atoms with E-state index in [2.05, 4.69) is 5.32 Å². The van der Waals surface area contributed by atoms with Gasteiger partial charge in [-0.05, 0) is 43.3 Å². The summed E-state index contributed by atoms with van der Waals surface area (Å²) in [6.45, 7) is 2.35. The highest BCUT2D eigenvalue weighted by molar-refractivity contribution is 8.13. The van der Waals surface area contributed by atoms with Crippen LogP contribution in [0.25, 0.3) is 0 Å². The smallest absolute Gasteiger partial charge is 0.414 e. The molecule has 26 heavy (non-hydrogen) atoms. The van der Waals surface area contributed by atoms with Crippen LogP contribution >= 0.6 is 22.0 Å². The first kappa shape index (κ1) is 18.7. The summed E-state index contributed by atoms with van der Waals surface area (Å²) in [5, 5.41) is 2.75. The summed E-state index contributed by atoms with van der Waals surface area (Å²) >= 11 is 1.39. The van der Waals surface area contributed by atoms with Crippen LogP contribution in [0.2, 0.25) is 0 Å². The van der Waals surface area contributed by atoms with Crippen LogP contribution in [0.3, 0.4) is 0 Å². The fourth-order valence-corrected chi connectivity index (χ4v) is 4.03. The highest BCUT2D eigenvalue weighted by Crippen LogP contribution is 2.24. The Bertz CT molecular complexity index is 940. The van der Waals surface area contributed by atoms with E-state index in [1.807, 2.05) is 13.0 Å². The first-order chi connectivity index (χ1) is 12.2. The molecule has 2 aromatic rings. The summed E-state index contributed by atoms with van der Waals surface area (Å²) in [5.74, 6) is -0.214. The SMILES string of the molecule is Cc1ccc(C(=O)NCC2CN(c3ccc(S(=O)(=O)Cl)cc3)C(=O)O2)s1. The number of nitrogens with one attached hydrogen (secondary N) is 1. The van der Waals surface area contributed by atoms with Crippen molar-refractivity contribution in [2.45, 2.75) is 17.9 Å². The maximum absolute atomic E-state index is 12.1. The van der Waals surface area contributed by atoms with Crippen molar-refractivity contribution in [3.8, 4) is 0 Å². The minimum absolute atomic E-state index is 0.0504. The van der Waals surface area contributed by atoms with Crippen LogP contribution in [0.5, 0.6) is 0 Å². The molecule has 1 aromatic heterocycles. The van der Waals surface area contributed by atoms with Crippen molar-refractivity contribution in [2.24, 2.45) is 0 Å². The molecule has 1 N–H and O–H groups in total. The third-order valence-corrected chi connectivity index (χ3v) is 6.13. The van der Waals surface area contributed by atoms with Crippen LogP contribution < -0.4 is 10.2 Å². The Balaban J connectivity index is 1.61. The van der Waals surface area contributed by atoms with Crippen molar-refractivity contribution in [3.63, 3.8) is 0 Å². The number of aryl methyl sites for hydroxylation is 1. The zero-order valence-corrected chi connectivity index (χ0v) is 16.0. The second-order valence-corrected chi connectivity index (χ2v) is 9.52. The molecule has 0 spiro atoms. The topological polar surface area (TPSA) is 92.8 Å². The highest BCUT2D eigenvalue weighted by atomic mass is 35.7. The lowest BCUT2D eigenvalue weighted by Crippen LogP contribution is -2.34. The lowest BCUT2D eigenvalue weighted by atomic mass is 10.2. The Hall–Kier alpha value is -2.10. The molecule has 3 rings (SSSR count). The van der Waals surface area contributed by atoms with Crippen LogP contribution in [-0.2, 0) is 13.8 Å². The zero-order chi connectivity index (χ0) is 18.9. The van der Waals surface area contributed by atoms with Gasteiger partial charge in [-0.15, -0.1) is 11.3 Å². The number of cyclic esters (lactones) is 1. The number of anilines is 1. The number of hydrogen-bond acceptors (Lipinski definition) is 6. The number of amides is 2. The number of benzene rings is 1. The van der Waals surface area contributed by atoms with Crippen LogP contribution in [0.4, 0.5) is 10.5 Å². The maximum Gasteiger partial charge on any atom is 0.414 e. The van der Waals surface area contributed by atoms with Gasteiger partial charge in [-0.25, -0.2) is 13.2 Å². The van der Waals surface area contributed by atoms with Gasteiger partial charge in [0.25, 0.3) is 15.0 Å². The number of carbonyl (C=O) groups is 2. The fraction of sp³-hybridized carbons (Fsp3) is 0.250. The molecule has 2 amide bonds. The Morgan fingerprint density at radius 2 is 2.00 bits per heavy atom. The zero-order valence-electron chi connectivity index (χ0n) is 13.6. The van der Waals surface area contributed by atoms with E-state index in [1.165, 1.54) is 40.5 Å². The van der Waals surface area contributed by atoms with E-state index >= 15 is 0 Å². The normalized spacial score (nSPS) is 17.2. The summed E-state index contributed by atoms with van der Waals surface area (Å²) < 4.78 is 27.8. The van der Waals surface area contributed by atoms with Crippen LogP contribution in [0.1, 0.15) is 14.5 Å². The molecule has 1 atom stereocenters. The summed E-state index contributed by atoms with van der Waals surface area (Å²) in [4.78, 5) is 27.0. The minimum atomic E-state index is -3.82. The summed E-state index contributed by atoms with van der Waals surface area (Å²) in [5.41, 5.74) is 0.488. The van der Waals surface area contributed by atoms with Crippen molar-refractivity contribution in [2.75, 3.05) is 18.0 Å². The maximum atomic E-state index is 12.1. The minimum Gasteiger partial charge on any atom is -0.442 e. The standard InChI is InChI=1S/C16H15ClN2O5S2/c1-10-2-7-14(25-10)15(20)18-8-12-9-19(16(21)24-12)11-3-5-13(6-4-11)26(17,22)23/h2-7,12H,8-9H2,1H3,(H,18,20). The van der Waals surface area contributed by atoms with E-state index in [1.54, 1.807) is 6.07 Å². The molecular formula is C16H15ClN2O5S2. The quantitative estimate of drug-likeness (QED) is 0.759. The number of carbonyl (C=O) groups excluding carboxylic acids is 2. The predicted molar refractivity (Wildman–Crippen MR) is 98.5 cm³/mol. The van der Waals surface area contributed by atoms with Gasteiger partial charge in [0.05, 0.1) is 22.9 Å². The van der Waals surface area contributed by atoms with Gasteiger partial charge in [0.1, 0.15) is 6.10 Å². The lowest BCUT2D eigenvalue weighted by Gasteiger charge is -2.13. The molecule has 0 bridgehead atoms. The number of nitrogens with zero attached hydrogens (tertiary/aromatic N) is 1. The average molecular weight is 415 g/mol. The van der Waals surface area contributed by atoms with Gasteiger partial charge in [0, 0.05) is 21.2 Å². The third-order valence-electron chi connectivity index (χ3n) is 3.76. The first-order valence-corrected chi connectivity index (χ1v) is 10.7. The van der Waals surface area contributed by atoms with Gasteiger partial charge in [0.2, 0.25) is 0 Å². The van der Waals surface area contributed by atoms with Gasteiger partial charge >= 0.3 is 6.09 Å². The number of rotatable bonds is 5. The molecule has 1 aliphatic heterocycles. The lowest BCUT2D eigenvalue weighted by molar-refractivity contribution is 0.0920. The van der Waals surface area contributed by atoms with Crippen molar-refractivity contribution < 1.29 is 22.7 Å². The van der Waals surface area contributed by atoms with E-state index < -0.39 is 21.2 Å². The summed E-state index contributed by atoms with van der Waals surface area (Å²) in [7, 11) is 1.45. The average Bonchev–Trinajstić information content (AvgIpc) is 3.18. The summed E-state index contributed by atoms with van der Waals surface area (Å²) in [6.07, 6.45) is -1.05. The van der Waals surface area contributed by atoms with Gasteiger partial charge in [0.15, 0.2) is 0 Å². The molecule has 1 aliphatic rings. The second kappa shape index (κ2) is 7.26. The molecule has 1 fully saturated rings. The Morgan fingerprint density at radius 1 is 1.31 bits per heavy atom. The second-order valence-electron chi connectivity index (χ2n) is 5.67. The van der Waals surface area contributed by atoms with E-state index in [0.29, 0.717) is 10.6 Å². The number of halogens is 1. The van der Waals surface area contributed by atoms with E-state index in [9.17, 15) is 18.0 Å². The molecule has 1 unspecified atom stereocenters. The number of hydrogen-bond donors (Lipinski definition) is 1. The van der Waals surface area contributed by atoms with Crippen molar-refractivity contribution in [3.05, 3.63) is 46.2 Å². The monoisotopic (exact) mass is 414 g/mol. The van der Waals surface area contributed by atoms with Gasteiger partial charge in [-0.2, -0.15) is 0 Å². The summed E-state index contributed by atoms with van der Waals surface area (Å²) in [6, 6.07) is 9.20. The van der Waals surface area contributed by atoms with Crippen LogP contribution in [-0.4, -0.2) is 39.6 Å². The van der Waals surface area contributed by atoms with Gasteiger partial charge in [-0.3, -0.25) is 9.69 Å². The molecule has 7 nitrogen and oxygen atoms in total. The van der Waals surface area contributed by atoms with Crippen molar-refractivity contribution in [1.29, 1.82) is 0 Å². The highest BCUT2D eigenvalue weighted by Gasteiger charge is 2.32. The molecule has 1 saturated heterocycles. The molecule has 0 aliphatic carbocycles. The van der Waals surface area contributed by atoms with Crippen LogP contribution in [0, 0.1) is 6.92 Å². The third kappa shape index (κ3) is 4.17. The molecule has 138 valence electrons. The Labute approximate surface area is 158 Å². The largest absolute Gasteiger partial charge is 0.442 e. The molecule has 0 radical (unpaired) electrons. The van der Waals surface area contributed by atoms with E-state index in [-0.39, 0.29) is 23.9 Å². The van der Waals surface area contributed by atoms with E-state index in [4.69, 9.17) is 15.4 Å². The molecular weight excluding hydrogens is 400 g/mol. The Morgan fingerprint density at radius 3 is 2.58 bits per heavy atom. The van der Waals surface area contributed by atoms with Gasteiger partial charge in [-0.1, -0.05) is 0 Å². The van der Waals surface area contributed by atoms with Gasteiger partial charge < -0.3 is 10.1 Å². The number of ether oxygens (including phenoxy) is 1. The van der Waals surface area contributed by atoms with E-state index in [0.717, 1.165) is 4.88 Å². The number of thiophene rings is 1. The van der Waals surface area contributed by atoms with Crippen LogP contribution in [0.15, 0.2) is 41.3 Å². The predicted octanol–water partition coefficient (Wildman–Crippen LogP) is 2.74.